The second-order valence-electron chi connectivity index (χ2n) is 5.90. The zero-order chi connectivity index (χ0) is 12.2. The van der Waals surface area contributed by atoms with Crippen LogP contribution in [0.2, 0.25) is 0 Å². The Hall–Kier alpha value is -0.530. The van der Waals surface area contributed by atoms with Gasteiger partial charge in [0, 0.05) is 11.8 Å². The van der Waals surface area contributed by atoms with Gasteiger partial charge in [0.25, 0.3) is 0 Å². The highest BCUT2D eigenvalue weighted by Gasteiger charge is 2.45. The van der Waals surface area contributed by atoms with Crippen LogP contribution in [-0.2, 0) is 9.53 Å². The molecular weight excluding hydrogens is 200 g/mol. The fourth-order valence-corrected chi connectivity index (χ4v) is 2.44. The van der Waals surface area contributed by atoms with E-state index in [9.17, 15) is 4.79 Å². The predicted molar refractivity (Wildman–Crippen MR) is 66.3 cm³/mol. The lowest BCUT2D eigenvalue weighted by molar-refractivity contribution is -0.177. The molecule has 0 amide bonds. The predicted octanol–water partition coefficient (Wildman–Crippen LogP) is 4.08. The Morgan fingerprint density at radius 1 is 1.19 bits per heavy atom. The lowest BCUT2D eigenvalue weighted by atomic mass is 9.66. The van der Waals surface area contributed by atoms with Crippen LogP contribution >= 0.6 is 0 Å². The molecule has 1 unspecified atom stereocenters. The summed E-state index contributed by atoms with van der Waals surface area (Å²) in [4.78, 5) is 11.7. The lowest BCUT2D eigenvalue weighted by Crippen LogP contribution is -2.48. The van der Waals surface area contributed by atoms with Crippen molar-refractivity contribution in [3.63, 3.8) is 0 Å². The smallest absolute Gasteiger partial charge is 0.306 e. The van der Waals surface area contributed by atoms with Gasteiger partial charge in [-0.15, -0.1) is 0 Å². The molecule has 0 spiro atoms. The summed E-state index contributed by atoms with van der Waals surface area (Å²) in [5, 5.41) is 0. The van der Waals surface area contributed by atoms with Crippen molar-refractivity contribution in [1.29, 1.82) is 0 Å². The molecule has 1 rings (SSSR count). The van der Waals surface area contributed by atoms with E-state index in [0.717, 1.165) is 25.7 Å². The van der Waals surface area contributed by atoms with E-state index in [1.165, 1.54) is 12.8 Å². The van der Waals surface area contributed by atoms with Gasteiger partial charge < -0.3 is 4.74 Å². The third-order valence-corrected chi connectivity index (χ3v) is 4.21. The van der Waals surface area contributed by atoms with Crippen LogP contribution in [-0.4, -0.2) is 11.6 Å². The minimum atomic E-state index is -0.254. The molecule has 2 heteroatoms. The van der Waals surface area contributed by atoms with E-state index in [-0.39, 0.29) is 17.0 Å². The van der Waals surface area contributed by atoms with Crippen molar-refractivity contribution in [2.75, 3.05) is 0 Å². The average Bonchev–Trinajstić information content (AvgIpc) is 2.20. The van der Waals surface area contributed by atoms with Crippen molar-refractivity contribution in [1.82, 2.24) is 0 Å². The molecule has 0 heterocycles. The first-order valence-corrected chi connectivity index (χ1v) is 6.63. The molecule has 0 saturated heterocycles. The number of hydrogen-bond donors (Lipinski definition) is 0. The summed E-state index contributed by atoms with van der Waals surface area (Å²) in [6, 6.07) is 0. The molecule has 0 N–H and O–H groups in total. The van der Waals surface area contributed by atoms with Gasteiger partial charge in [-0.25, -0.2) is 0 Å². The molecule has 94 valence electrons. The number of carbonyl (C=O) groups excluding carboxylic acids is 1. The van der Waals surface area contributed by atoms with Crippen molar-refractivity contribution >= 4 is 5.97 Å². The molecule has 0 aliphatic heterocycles. The third-order valence-electron chi connectivity index (χ3n) is 4.21. The Morgan fingerprint density at radius 2 is 1.81 bits per heavy atom. The summed E-state index contributed by atoms with van der Waals surface area (Å²) in [5.74, 6) is -0.0145. The monoisotopic (exact) mass is 226 g/mol. The largest absolute Gasteiger partial charge is 0.459 e. The second kappa shape index (κ2) is 5.20. The lowest BCUT2D eigenvalue weighted by Gasteiger charge is -2.47. The normalized spacial score (nSPS) is 28.8. The maximum Gasteiger partial charge on any atom is 0.306 e. The van der Waals surface area contributed by atoms with E-state index < -0.39 is 0 Å². The molecule has 1 saturated carbocycles. The van der Waals surface area contributed by atoms with Crippen molar-refractivity contribution in [3.8, 4) is 0 Å². The molecular formula is C14H26O2. The summed E-state index contributed by atoms with van der Waals surface area (Å²) in [5.41, 5.74) is -0.136. The van der Waals surface area contributed by atoms with Crippen molar-refractivity contribution in [3.05, 3.63) is 0 Å². The fourth-order valence-electron chi connectivity index (χ4n) is 2.44. The van der Waals surface area contributed by atoms with Gasteiger partial charge in [0.1, 0.15) is 5.60 Å². The van der Waals surface area contributed by atoms with E-state index in [4.69, 9.17) is 4.74 Å². The second-order valence-corrected chi connectivity index (χ2v) is 5.90. The first kappa shape index (κ1) is 13.5. The highest BCUT2D eigenvalue weighted by Crippen LogP contribution is 2.46. The van der Waals surface area contributed by atoms with Gasteiger partial charge in [-0.3, -0.25) is 4.79 Å². The van der Waals surface area contributed by atoms with Gasteiger partial charge >= 0.3 is 5.97 Å². The van der Waals surface area contributed by atoms with Gasteiger partial charge in [-0.2, -0.15) is 0 Å². The van der Waals surface area contributed by atoms with Gasteiger partial charge in [0.15, 0.2) is 0 Å². The summed E-state index contributed by atoms with van der Waals surface area (Å²) >= 11 is 0. The van der Waals surface area contributed by atoms with Gasteiger partial charge in [-0.1, -0.05) is 33.6 Å². The SMILES string of the molecule is CCCCC(=O)OC1(C)CCCCC1(C)C. The van der Waals surface area contributed by atoms with E-state index in [1.807, 2.05) is 0 Å². The maximum absolute atomic E-state index is 11.7. The van der Waals surface area contributed by atoms with Crippen LogP contribution in [0.4, 0.5) is 0 Å². The van der Waals surface area contributed by atoms with Crippen LogP contribution in [0, 0.1) is 5.41 Å². The quantitative estimate of drug-likeness (QED) is 0.675. The van der Waals surface area contributed by atoms with Gasteiger partial charge in [0.2, 0.25) is 0 Å². The molecule has 0 aromatic rings. The minimum absolute atomic E-state index is 0.0145. The summed E-state index contributed by atoms with van der Waals surface area (Å²) < 4.78 is 5.76. The molecule has 1 fully saturated rings. The Morgan fingerprint density at radius 3 is 2.38 bits per heavy atom. The first-order chi connectivity index (χ1) is 7.41. The minimum Gasteiger partial charge on any atom is -0.459 e. The highest BCUT2D eigenvalue weighted by atomic mass is 16.6. The van der Waals surface area contributed by atoms with Crippen LogP contribution in [0.5, 0.6) is 0 Å². The standard InChI is InChI=1S/C14H26O2/c1-5-6-9-12(15)16-14(4)11-8-7-10-13(14,2)3/h5-11H2,1-4H3. The van der Waals surface area contributed by atoms with Crippen molar-refractivity contribution in [2.45, 2.75) is 78.2 Å². The molecule has 0 aromatic carbocycles. The van der Waals surface area contributed by atoms with Crippen LogP contribution in [0.25, 0.3) is 0 Å². The number of esters is 1. The van der Waals surface area contributed by atoms with E-state index in [2.05, 4.69) is 27.7 Å². The molecule has 0 radical (unpaired) electrons. The number of unbranched alkanes of at least 4 members (excludes halogenated alkanes) is 1. The van der Waals surface area contributed by atoms with Crippen LogP contribution in [0.3, 0.4) is 0 Å². The number of ether oxygens (including phenoxy) is 1. The van der Waals surface area contributed by atoms with E-state index in [1.54, 1.807) is 0 Å². The van der Waals surface area contributed by atoms with Gasteiger partial charge in [0.05, 0.1) is 0 Å². The summed E-state index contributed by atoms with van der Waals surface area (Å²) in [7, 11) is 0. The van der Waals surface area contributed by atoms with Crippen molar-refractivity contribution in [2.24, 2.45) is 5.41 Å². The molecule has 2 nitrogen and oxygen atoms in total. The molecule has 1 aliphatic carbocycles. The molecule has 0 bridgehead atoms. The fraction of sp³-hybridized carbons (Fsp3) is 0.929. The number of rotatable bonds is 4. The number of carbonyl (C=O) groups is 1. The van der Waals surface area contributed by atoms with Gasteiger partial charge in [-0.05, 0) is 32.6 Å². The topological polar surface area (TPSA) is 26.3 Å². The van der Waals surface area contributed by atoms with Crippen LogP contribution < -0.4 is 0 Å². The Bertz CT molecular complexity index is 245. The Labute approximate surface area is 99.8 Å². The Balaban J connectivity index is 2.58. The Kier molecular flexibility index (Phi) is 4.40. The molecule has 1 aliphatic rings. The van der Waals surface area contributed by atoms with E-state index >= 15 is 0 Å². The first-order valence-electron chi connectivity index (χ1n) is 6.63. The highest BCUT2D eigenvalue weighted by molar-refractivity contribution is 5.69. The van der Waals surface area contributed by atoms with Crippen LogP contribution in [0.1, 0.15) is 72.6 Å². The maximum atomic E-state index is 11.7. The van der Waals surface area contributed by atoms with Crippen molar-refractivity contribution < 1.29 is 9.53 Å². The summed E-state index contributed by atoms with van der Waals surface area (Å²) in [6.45, 7) is 8.65. The summed E-state index contributed by atoms with van der Waals surface area (Å²) in [6.07, 6.45) is 7.17. The number of hydrogen-bond acceptors (Lipinski definition) is 2. The third kappa shape index (κ3) is 2.99. The average molecular weight is 226 g/mol. The zero-order valence-corrected chi connectivity index (χ0v) is 11.3. The van der Waals surface area contributed by atoms with E-state index in [0.29, 0.717) is 6.42 Å². The molecule has 1 atom stereocenters. The molecule has 16 heavy (non-hydrogen) atoms. The molecule has 0 aromatic heterocycles. The van der Waals surface area contributed by atoms with Crippen LogP contribution in [0.15, 0.2) is 0 Å². The zero-order valence-electron chi connectivity index (χ0n) is 11.3.